The Morgan fingerprint density at radius 2 is 2.00 bits per heavy atom. The Labute approximate surface area is 184 Å². The number of tetrazole rings is 1. The molecule has 4 rings (SSSR count). The molecule has 1 fully saturated rings. The molecule has 0 saturated heterocycles. The number of rotatable bonds is 7. The van der Waals surface area contributed by atoms with Crippen molar-refractivity contribution in [3.05, 3.63) is 59.1 Å². The SMILES string of the molecule is COc1ccc(NC(=O)[C@H](Sc2nnnn2C2CCCC2)c2ccccc2)cc1Cl. The third kappa shape index (κ3) is 4.60. The summed E-state index contributed by atoms with van der Waals surface area (Å²) in [5, 5.41) is 15.8. The highest BCUT2D eigenvalue weighted by atomic mass is 35.5. The summed E-state index contributed by atoms with van der Waals surface area (Å²) in [6.45, 7) is 0. The summed E-state index contributed by atoms with van der Waals surface area (Å²) in [5.74, 6) is 0.382. The van der Waals surface area contributed by atoms with Crippen molar-refractivity contribution in [3.63, 3.8) is 0 Å². The fourth-order valence-electron chi connectivity index (χ4n) is 3.60. The average molecular weight is 444 g/mol. The maximum Gasteiger partial charge on any atom is 0.242 e. The van der Waals surface area contributed by atoms with Gasteiger partial charge in [-0.2, -0.15) is 0 Å². The predicted octanol–water partition coefficient (Wildman–Crippen LogP) is 4.92. The third-order valence-electron chi connectivity index (χ3n) is 5.12. The zero-order valence-electron chi connectivity index (χ0n) is 16.5. The van der Waals surface area contributed by atoms with Crippen molar-refractivity contribution in [1.82, 2.24) is 20.2 Å². The number of nitrogens with one attached hydrogen (secondary N) is 1. The van der Waals surface area contributed by atoms with Gasteiger partial charge in [0.2, 0.25) is 11.1 Å². The minimum absolute atomic E-state index is 0.173. The number of carbonyl (C=O) groups is 1. The van der Waals surface area contributed by atoms with Gasteiger partial charge in [-0.25, -0.2) is 4.68 Å². The first-order valence-electron chi connectivity index (χ1n) is 9.79. The number of methoxy groups -OCH3 is 1. The van der Waals surface area contributed by atoms with Gasteiger partial charge in [0.15, 0.2) is 0 Å². The molecule has 156 valence electrons. The average Bonchev–Trinajstić information content (AvgIpc) is 3.44. The number of anilines is 1. The molecule has 1 saturated carbocycles. The summed E-state index contributed by atoms with van der Waals surface area (Å²) in [6, 6.07) is 15.1. The molecule has 0 aliphatic heterocycles. The zero-order chi connectivity index (χ0) is 20.9. The molecule has 3 aromatic rings. The van der Waals surface area contributed by atoms with Crippen LogP contribution in [0.1, 0.15) is 42.5 Å². The first-order valence-corrected chi connectivity index (χ1v) is 11.1. The molecule has 7 nitrogen and oxygen atoms in total. The molecule has 1 N–H and O–H groups in total. The van der Waals surface area contributed by atoms with Crippen LogP contribution in [0.2, 0.25) is 5.02 Å². The van der Waals surface area contributed by atoms with Crippen LogP contribution in [0.4, 0.5) is 5.69 Å². The second kappa shape index (κ2) is 9.49. The molecular weight excluding hydrogens is 422 g/mol. The van der Waals surface area contributed by atoms with E-state index >= 15 is 0 Å². The van der Waals surface area contributed by atoms with Crippen LogP contribution < -0.4 is 10.1 Å². The Morgan fingerprint density at radius 3 is 2.70 bits per heavy atom. The summed E-state index contributed by atoms with van der Waals surface area (Å²) in [7, 11) is 1.55. The van der Waals surface area contributed by atoms with Gasteiger partial charge in [0.05, 0.1) is 18.2 Å². The van der Waals surface area contributed by atoms with Crippen LogP contribution in [0.5, 0.6) is 5.75 Å². The molecule has 1 heterocycles. The summed E-state index contributed by atoms with van der Waals surface area (Å²) in [5.41, 5.74) is 1.48. The van der Waals surface area contributed by atoms with Crippen LogP contribution in [0.15, 0.2) is 53.7 Å². The maximum absolute atomic E-state index is 13.3. The van der Waals surface area contributed by atoms with Crippen LogP contribution in [-0.2, 0) is 4.79 Å². The van der Waals surface area contributed by atoms with E-state index in [4.69, 9.17) is 16.3 Å². The van der Waals surface area contributed by atoms with Crippen LogP contribution in [-0.4, -0.2) is 33.2 Å². The standard InChI is InChI=1S/C21H22ClN5O2S/c1-29-18-12-11-15(13-17(18)22)23-20(28)19(14-7-3-2-4-8-14)30-21-24-25-26-27(21)16-9-5-6-10-16/h2-4,7-8,11-13,16,19H,5-6,9-10H2,1H3,(H,23,28)/t19-/m1/s1. The van der Waals surface area contributed by atoms with Crippen molar-refractivity contribution in [2.75, 3.05) is 12.4 Å². The number of nitrogens with zero attached hydrogens (tertiary/aromatic N) is 4. The lowest BCUT2D eigenvalue weighted by Gasteiger charge is -2.18. The lowest BCUT2D eigenvalue weighted by Crippen LogP contribution is -2.20. The molecule has 1 aliphatic carbocycles. The van der Waals surface area contributed by atoms with Crippen LogP contribution in [0.25, 0.3) is 0 Å². The quantitative estimate of drug-likeness (QED) is 0.522. The Kier molecular flexibility index (Phi) is 6.54. The lowest BCUT2D eigenvalue weighted by molar-refractivity contribution is -0.115. The van der Waals surface area contributed by atoms with E-state index in [0.717, 1.165) is 18.4 Å². The summed E-state index contributed by atoms with van der Waals surface area (Å²) < 4.78 is 7.05. The smallest absolute Gasteiger partial charge is 0.242 e. The minimum Gasteiger partial charge on any atom is -0.495 e. The van der Waals surface area contributed by atoms with Crippen LogP contribution in [0, 0.1) is 0 Å². The van der Waals surface area contributed by atoms with Gasteiger partial charge >= 0.3 is 0 Å². The maximum atomic E-state index is 13.3. The van der Waals surface area contributed by atoms with Gasteiger partial charge in [0.1, 0.15) is 11.0 Å². The van der Waals surface area contributed by atoms with Gasteiger partial charge < -0.3 is 10.1 Å². The lowest BCUT2D eigenvalue weighted by atomic mass is 10.1. The molecule has 30 heavy (non-hydrogen) atoms. The Balaban J connectivity index is 1.58. The van der Waals surface area contributed by atoms with Gasteiger partial charge in [-0.3, -0.25) is 4.79 Å². The Hall–Kier alpha value is -2.58. The number of halogens is 1. The van der Waals surface area contributed by atoms with Crippen molar-refractivity contribution in [3.8, 4) is 5.75 Å². The van der Waals surface area contributed by atoms with Crippen molar-refractivity contribution < 1.29 is 9.53 Å². The number of carbonyl (C=O) groups excluding carboxylic acids is 1. The van der Waals surface area contributed by atoms with Gasteiger partial charge in [0, 0.05) is 5.69 Å². The molecule has 0 radical (unpaired) electrons. The molecule has 0 unspecified atom stereocenters. The van der Waals surface area contributed by atoms with Crippen molar-refractivity contribution in [1.29, 1.82) is 0 Å². The fourth-order valence-corrected chi connectivity index (χ4v) is 4.90. The molecule has 9 heteroatoms. The van der Waals surface area contributed by atoms with E-state index < -0.39 is 5.25 Å². The number of hydrogen-bond acceptors (Lipinski definition) is 6. The van der Waals surface area contributed by atoms with Crippen molar-refractivity contribution in [2.24, 2.45) is 0 Å². The topological polar surface area (TPSA) is 81.9 Å². The normalized spacial score (nSPS) is 15.1. The highest BCUT2D eigenvalue weighted by Gasteiger charge is 2.28. The summed E-state index contributed by atoms with van der Waals surface area (Å²) in [6.07, 6.45) is 4.47. The molecule has 1 amide bonds. The van der Waals surface area contributed by atoms with Gasteiger partial charge in [-0.05, 0) is 47.0 Å². The van der Waals surface area contributed by atoms with Crippen molar-refractivity contribution >= 4 is 35.0 Å². The second-order valence-corrected chi connectivity index (χ2v) is 8.57. The van der Waals surface area contributed by atoms with E-state index in [9.17, 15) is 4.79 Å². The molecule has 1 atom stereocenters. The summed E-state index contributed by atoms with van der Waals surface area (Å²) in [4.78, 5) is 13.3. The molecule has 1 aromatic heterocycles. The number of ether oxygens (including phenoxy) is 1. The fraction of sp³-hybridized carbons (Fsp3) is 0.333. The Morgan fingerprint density at radius 1 is 1.23 bits per heavy atom. The van der Waals surface area contributed by atoms with E-state index in [2.05, 4.69) is 20.8 Å². The third-order valence-corrected chi connectivity index (χ3v) is 6.61. The second-order valence-electron chi connectivity index (χ2n) is 7.09. The van der Waals surface area contributed by atoms with Gasteiger partial charge in [0.25, 0.3) is 0 Å². The van der Waals surface area contributed by atoms with Crippen molar-refractivity contribution in [2.45, 2.75) is 42.1 Å². The molecule has 2 aromatic carbocycles. The van der Waals surface area contributed by atoms with Crippen LogP contribution >= 0.6 is 23.4 Å². The molecule has 0 spiro atoms. The first kappa shape index (κ1) is 20.7. The number of benzene rings is 2. The number of aromatic nitrogens is 4. The Bertz CT molecular complexity index is 1010. The first-order chi connectivity index (χ1) is 14.7. The molecule has 1 aliphatic rings. The highest BCUT2D eigenvalue weighted by Crippen LogP contribution is 2.38. The zero-order valence-corrected chi connectivity index (χ0v) is 18.1. The van der Waals surface area contributed by atoms with E-state index in [1.165, 1.54) is 24.6 Å². The number of hydrogen-bond donors (Lipinski definition) is 1. The predicted molar refractivity (Wildman–Crippen MR) is 117 cm³/mol. The highest BCUT2D eigenvalue weighted by molar-refractivity contribution is 8.00. The molecular formula is C21H22ClN5O2S. The monoisotopic (exact) mass is 443 g/mol. The van der Waals surface area contributed by atoms with Crippen LogP contribution in [0.3, 0.4) is 0 Å². The number of amides is 1. The minimum atomic E-state index is -0.516. The van der Waals surface area contributed by atoms with Gasteiger partial charge in [-0.15, -0.1) is 5.10 Å². The van der Waals surface area contributed by atoms with E-state index in [-0.39, 0.29) is 5.91 Å². The van der Waals surface area contributed by atoms with E-state index in [1.807, 2.05) is 35.0 Å². The largest absolute Gasteiger partial charge is 0.495 e. The summed E-state index contributed by atoms with van der Waals surface area (Å²) >= 11 is 7.57. The van der Waals surface area contributed by atoms with Gasteiger partial charge in [-0.1, -0.05) is 66.5 Å². The van der Waals surface area contributed by atoms with E-state index in [1.54, 1.807) is 25.3 Å². The van der Waals surface area contributed by atoms with E-state index in [0.29, 0.717) is 27.7 Å². The number of thioether (sulfide) groups is 1. The molecule has 0 bridgehead atoms.